The van der Waals surface area contributed by atoms with Gasteiger partial charge in [-0.2, -0.15) is 0 Å². The van der Waals surface area contributed by atoms with Gasteiger partial charge in [0, 0.05) is 18.8 Å². The van der Waals surface area contributed by atoms with Crippen molar-refractivity contribution >= 4 is 28.3 Å². The molecule has 1 heterocycles. The first-order valence-corrected chi connectivity index (χ1v) is 9.70. The number of likely N-dealkylation sites (tertiary alicyclic amines) is 1. The van der Waals surface area contributed by atoms with E-state index in [1.807, 2.05) is 0 Å². The van der Waals surface area contributed by atoms with Gasteiger partial charge in [-0.3, -0.25) is 0 Å². The van der Waals surface area contributed by atoms with Gasteiger partial charge in [-0.1, -0.05) is 84.6 Å². The first kappa shape index (κ1) is 16.5. The molecular formula is C20H23NS2. The van der Waals surface area contributed by atoms with Crippen LogP contribution in [0.2, 0.25) is 0 Å². The summed E-state index contributed by atoms with van der Waals surface area (Å²) >= 11 is 7.43. The van der Waals surface area contributed by atoms with Crippen molar-refractivity contribution in [1.29, 1.82) is 0 Å². The third-order valence-electron chi connectivity index (χ3n) is 4.45. The van der Waals surface area contributed by atoms with E-state index < -0.39 is 0 Å². The van der Waals surface area contributed by atoms with Crippen molar-refractivity contribution in [2.45, 2.75) is 25.0 Å². The monoisotopic (exact) mass is 341 g/mol. The molecule has 3 heteroatoms. The Balaban J connectivity index is 1.42. The van der Waals surface area contributed by atoms with E-state index >= 15 is 0 Å². The second-order valence-electron chi connectivity index (χ2n) is 6.16. The summed E-state index contributed by atoms with van der Waals surface area (Å²) in [5.41, 5.74) is 2.81. The molecule has 120 valence electrons. The molecule has 0 saturated carbocycles. The Bertz CT molecular complexity index is 604. The predicted molar refractivity (Wildman–Crippen MR) is 105 cm³/mol. The van der Waals surface area contributed by atoms with Crippen LogP contribution in [0.15, 0.2) is 60.7 Å². The minimum absolute atomic E-state index is 0.801. The smallest absolute Gasteiger partial charge is 0.136 e. The standard InChI is InChI=1S/C20H23NS2/c22-20(23-16-19-9-5-2-6-10-19)21-13-11-18(12-14-21)15-17-7-3-1-4-8-17/h1-10,18H,11-16H2. The van der Waals surface area contributed by atoms with Crippen LogP contribution in [-0.2, 0) is 12.2 Å². The van der Waals surface area contributed by atoms with Crippen LogP contribution in [0.1, 0.15) is 24.0 Å². The summed E-state index contributed by atoms with van der Waals surface area (Å²) in [6.45, 7) is 2.22. The highest BCUT2D eigenvalue weighted by Crippen LogP contribution is 2.25. The zero-order valence-electron chi connectivity index (χ0n) is 13.4. The lowest BCUT2D eigenvalue weighted by Crippen LogP contribution is -2.36. The van der Waals surface area contributed by atoms with Crippen LogP contribution < -0.4 is 0 Å². The lowest BCUT2D eigenvalue weighted by atomic mass is 9.90. The Kier molecular flexibility index (Phi) is 6.12. The minimum atomic E-state index is 0.801. The Morgan fingerprint density at radius 2 is 1.48 bits per heavy atom. The van der Waals surface area contributed by atoms with Crippen LogP contribution in [0.4, 0.5) is 0 Å². The average Bonchev–Trinajstić information content (AvgIpc) is 2.62. The summed E-state index contributed by atoms with van der Waals surface area (Å²) in [5.74, 6) is 1.78. The van der Waals surface area contributed by atoms with E-state index in [0.29, 0.717) is 0 Å². The molecule has 1 nitrogen and oxygen atoms in total. The number of thiocarbonyl (C=S) groups is 1. The van der Waals surface area contributed by atoms with Gasteiger partial charge < -0.3 is 4.90 Å². The molecule has 0 aliphatic carbocycles. The van der Waals surface area contributed by atoms with Crippen LogP contribution in [0.3, 0.4) is 0 Å². The third kappa shape index (κ3) is 5.08. The molecule has 0 spiro atoms. The van der Waals surface area contributed by atoms with Gasteiger partial charge >= 0.3 is 0 Å². The van der Waals surface area contributed by atoms with Crippen LogP contribution in [0.5, 0.6) is 0 Å². The number of thioether (sulfide) groups is 1. The second kappa shape index (κ2) is 8.51. The van der Waals surface area contributed by atoms with Gasteiger partial charge in [-0.25, -0.2) is 0 Å². The highest BCUT2D eigenvalue weighted by molar-refractivity contribution is 8.22. The van der Waals surface area contributed by atoms with Gasteiger partial charge in [0.15, 0.2) is 0 Å². The Hall–Kier alpha value is -1.32. The highest BCUT2D eigenvalue weighted by atomic mass is 32.2. The molecule has 0 bridgehead atoms. The Morgan fingerprint density at radius 3 is 2.09 bits per heavy atom. The van der Waals surface area contributed by atoms with Gasteiger partial charge in [0.2, 0.25) is 0 Å². The molecule has 1 fully saturated rings. The second-order valence-corrected chi connectivity index (χ2v) is 7.77. The number of benzene rings is 2. The Labute approximate surface area is 149 Å². The SMILES string of the molecule is S=C(SCc1ccccc1)N1CCC(Cc2ccccc2)CC1. The van der Waals surface area contributed by atoms with Crippen molar-refractivity contribution in [2.75, 3.05) is 13.1 Å². The molecule has 3 rings (SSSR count). The highest BCUT2D eigenvalue weighted by Gasteiger charge is 2.21. The quantitative estimate of drug-likeness (QED) is 0.707. The molecular weight excluding hydrogens is 318 g/mol. The zero-order valence-corrected chi connectivity index (χ0v) is 15.0. The van der Waals surface area contributed by atoms with Crippen LogP contribution >= 0.6 is 24.0 Å². The first-order chi connectivity index (χ1) is 11.3. The minimum Gasteiger partial charge on any atom is -0.357 e. The number of hydrogen-bond acceptors (Lipinski definition) is 2. The summed E-state index contributed by atoms with van der Waals surface area (Å²) < 4.78 is 1.06. The lowest BCUT2D eigenvalue weighted by Gasteiger charge is -2.33. The largest absolute Gasteiger partial charge is 0.357 e. The van der Waals surface area contributed by atoms with Gasteiger partial charge in [0.1, 0.15) is 4.32 Å². The Morgan fingerprint density at radius 1 is 0.913 bits per heavy atom. The van der Waals surface area contributed by atoms with Crippen molar-refractivity contribution in [3.8, 4) is 0 Å². The van der Waals surface area contributed by atoms with Crippen molar-refractivity contribution in [3.63, 3.8) is 0 Å². The molecule has 0 N–H and O–H groups in total. The van der Waals surface area contributed by atoms with Crippen LogP contribution in [-0.4, -0.2) is 22.3 Å². The molecule has 0 radical (unpaired) electrons. The molecule has 2 aromatic carbocycles. The summed E-state index contributed by atoms with van der Waals surface area (Å²) in [4.78, 5) is 2.39. The number of nitrogens with zero attached hydrogens (tertiary/aromatic N) is 1. The van der Waals surface area contributed by atoms with Gasteiger partial charge in [0.25, 0.3) is 0 Å². The van der Waals surface area contributed by atoms with E-state index in [1.54, 1.807) is 11.8 Å². The molecule has 23 heavy (non-hydrogen) atoms. The number of rotatable bonds is 4. The van der Waals surface area contributed by atoms with E-state index in [4.69, 9.17) is 12.2 Å². The van der Waals surface area contributed by atoms with E-state index in [9.17, 15) is 0 Å². The third-order valence-corrected chi connectivity index (χ3v) is 6.04. The molecule has 0 atom stereocenters. The van der Waals surface area contributed by atoms with Gasteiger partial charge in [0.05, 0.1) is 0 Å². The lowest BCUT2D eigenvalue weighted by molar-refractivity contribution is 0.271. The fourth-order valence-electron chi connectivity index (χ4n) is 3.08. The van der Waals surface area contributed by atoms with Gasteiger partial charge in [-0.15, -0.1) is 0 Å². The number of hydrogen-bond donors (Lipinski definition) is 0. The fraction of sp³-hybridized carbons (Fsp3) is 0.350. The molecule has 0 unspecified atom stereocenters. The maximum absolute atomic E-state index is 5.63. The summed E-state index contributed by atoms with van der Waals surface area (Å²) in [6, 6.07) is 21.4. The van der Waals surface area contributed by atoms with Gasteiger partial charge in [-0.05, 0) is 36.3 Å². The molecule has 1 aliphatic rings. The van der Waals surface area contributed by atoms with E-state index in [-0.39, 0.29) is 0 Å². The number of piperidine rings is 1. The summed E-state index contributed by atoms with van der Waals surface area (Å²) in [6.07, 6.45) is 3.71. The molecule has 0 aromatic heterocycles. The summed E-state index contributed by atoms with van der Waals surface area (Å²) in [7, 11) is 0. The van der Waals surface area contributed by atoms with E-state index in [2.05, 4.69) is 65.6 Å². The van der Waals surface area contributed by atoms with Crippen LogP contribution in [0, 0.1) is 5.92 Å². The fourth-order valence-corrected chi connectivity index (χ4v) is 4.28. The average molecular weight is 342 g/mol. The predicted octanol–water partition coefficient (Wildman–Crippen LogP) is 5.16. The zero-order chi connectivity index (χ0) is 15.9. The van der Waals surface area contributed by atoms with Crippen molar-refractivity contribution in [3.05, 3.63) is 71.8 Å². The van der Waals surface area contributed by atoms with Crippen molar-refractivity contribution in [2.24, 2.45) is 5.92 Å². The van der Waals surface area contributed by atoms with Crippen LogP contribution in [0.25, 0.3) is 0 Å². The van der Waals surface area contributed by atoms with E-state index in [1.165, 1.54) is 30.4 Å². The normalized spacial score (nSPS) is 15.6. The molecule has 1 saturated heterocycles. The van der Waals surface area contributed by atoms with Crippen molar-refractivity contribution < 1.29 is 0 Å². The topological polar surface area (TPSA) is 3.24 Å². The maximum Gasteiger partial charge on any atom is 0.136 e. The molecule has 1 aliphatic heterocycles. The molecule has 0 amide bonds. The van der Waals surface area contributed by atoms with Crippen molar-refractivity contribution in [1.82, 2.24) is 4.90 Å². The first-order valence-electron chi connectivity index (χ1n) is 8.31. The maximum atomic E-state index is 5.63. The molecule has 2 aromatic rings. The summed E-state index contributed by atoms with van der Waals surface area (Å²) in [5, 5.41) is 0. The van der Waals surface area contributed by atoms with E-state index in [0.717, 1.165) is 29.1 Å².